The summed E-state index contributed by atoms with van der Waals surface area (Å²) in [6, 6.07) is 2.84. The molecule has 0 aromatic carbocycles. The van der Waals surface area contributed by atoms with Crippen LogP contribution in [0, 0.1) is 0 Å². The van der Waals surface area contributed by atoms with Crippen LogP contribution in [0.15, 0.2) is 16.3 Å². The molecule has 0 aliphatic rings. The molecule has 1 aromatic heterocycles. The van der Waals surface area contributed by atoms with Gasteiger partial charge in [0.2, 0.25) is 0 Å². The Morgan fingerprint density at radius 1 is 1.44 bits per heavy atom. The van der Waals surface area contributed by atoms with Gasteiger partial charge in [0, 0.05) is 4.88 Å². The number of carboxylic acid groups (broad SMARTS) is 1. The summed E-state index contributed by atoms with van der Waals surface area (Å²) in [5, 5.41) is 8.61. The van der Waals surface area contributed by atoms with Crippen molar-refractivity contribution in [1.29, 1.82) is 0 Å². The lowest BCUT2D eigenvalue weighted by Crippen LogP contribution is -2.33. The zero-order valence-electron chi connectivity index (χ0n) is 10.3. The lowest BCUT2D eigenvalue weighted by atomic mass is 10.2. The molecule has 1 heterocycles. The fourth-order valence-electron chi connectivity index (χ4n) is 0.968. The van der Waals surface area contributed by atoms with Crippen molar-refractivity contribution in [1.82, 2.24) is 4.89 Å². The molecule has 0 bridgehead atoms. The quantitative estimate of drug-likeness (QED) is 0.800. The van der Waals surface area contributed by atoms with Gasteiger partial charge in [0.15, 0.2) is 0 Å². The maximum Gasteiger partial charge on any atom is 0.308 e. The molecule has 6 nitrogen and oxygen atoms in total. The average molecular weight is 293 g/mol. The molecule has 0 radical (unpaired) electrons. The molecule has 0 saturated heterocycles. The summed E-state index contributed by atoms with van der Waals surface area (Å²) in [6.45, 7) is 5.12. The van der Waals surface area contributed by atoms with Crippen LogP contribution in [0.25, 0.3) is 0 Å². The zero-order chi connectivity index (χ0) is 14.0. The van der Waals surface area contributed by atoms with Crippen molar-refractivity contribution in [2.45, 2.75) is 37.0 Å². The third-order valence-corrected chi connectivity index (χ3v) is 4.44. The third kappa shape index (κ3) is 4.73. The van der Waals surface area contributed by atoms with E-state index in [1.54, 1.807) is 20.8 Å². The maximum atomic E-state index is 11.8. The number of thiophene rings is 1. The van der Waals surface area contributed by atoms with Gasteiger partial charge in [-0.1, -0.05) is 4.89 Å². The van der Waals surface area contributed by atoms with Crippen LogP contribution >= 0.6 is 11.3 Å². The minimum atomic E-state index is -3.76. The number of aliphatic carboxylic acids is 1. The largest absolute Gasteiger partial charge is 0.481 e. The van der Waals surface area contributed by atoms with Crippen molar-refractivity contribution < 1.29 is 23.2 Å². The molecule has 1 aromatic rings. The molecule has 0 amide bonds. The first kappa shape index (κ1) is 15.1. The Kier molecular flexibility index (Phi) is 4.49. The van der Waals surface area contributed by atoms with Gasteiger partial charge >= 0.3 is 5.97 Å². The van der Waals surface area contributed by atoms with Gasteiger partial charge in [-0.15, -0.1) is 11.3 Å². The molecule has 1 rings (SSSR count). The summed E-state index contributed by atoms with van der Waals surface area (Å²) >= 11 is 0.907. The summed E-state index contributed by atoms with van der Waals surface area (Å²) in [5.74, 6) is -1.00. The van der Waals surface area contributed by atoms with E-state index in [1.165, 1.54) is 12.1 Å². The van der Waals surface area contributed by atoms with Crippen molar-refractivity contribution in [3.8, 4) is 0 Å². The topological polar surface area (TPSA) is 92.7 Å². The fourth-order valence-corrected chi connectivity index (χ4v) is 3.24. The molecule has 0 unspecified atom stereocenters. The zero-order valence-corrected chi connectivity index (χ0v) is 11.9. The smallest absolute Gasteiger partial charge is 0.308 e. The molecule has 0 aliphatic heterocycles. The van der Waals surface area contributed by atoms with Crippen LogP contribution in [0.3, 0.4) is 0 Å². The predicted molar refractivity (Wildman–Crippen MR) is 66.8 cm³/mol. The molecule has 0 fully saturated rings. The number of hydrogen-bond acceptors (Lipinski definition) is 5. The summed E-state index contributed by atoms with van der Waals surface area (Å²) in [6.07, 6.45) is -0.194. The van der Waals surface area contributed by atoms with E-state index >= 15 is 0 Å². The number of carbonyl (C=O) groups is 1. The van der Waals surface area contributed by atoms with Crippen molar-refractivity contribution in [2.75, 3.05) is 0 Å². The second-order valence-electron chi connectivity index (χ2n) is 4.59. The summed E-state index contributed by atoms with van der Waals surface area (Å²) < 4.78 is 23.6. The monoisotopic (exact) mass is 293 g/mol. The van der Waals surface area contributed by atoms with Gasteiger partial charge in [-0.05, 0) is 32.9 Å². The molecular weight excluding hydrogens is 278 g/mol. The third-order valence-electron chi connectivity index (χ3n) is 1.68. The van der Waals surface area contributed by atoms with Gasteiger partial charge in [-0.3, -0.25) is 9.63 Å². The van der Waals surface area contributed by atoms with Gasteiger partial charge < -0.3 is 5.11 Å². The predicted octanol–water partition coefficient (Wildman–Crippen LogP) is 1.38. The fraction of sp³-hybridized carbons (Fsp3) is 0.500. The number of rotatable bonds is 5. The lowest BCUT2D eigenvalue weighted by molar-refractivity contribution is -0.136. The molecule has 102 valence electrons. The molecule has 0 aliphatic carbocycles. The second kappa shape index (κ2) is 5.35. The molecule has 0 saturated carbocycles. The Balaban J connectivity index is 2.79. The highest BCUT2D eigenvalue weighted by molar-refractivity contribution is 7.91. The minimum Gasteiger partial charge on any atom is -0.481 e. The summed E-state index contributed by atoms with van der Waals surface area (Å²) in [7, 11) is -3.76. The van der Waals surface area contributed by atoms with E-state index in [1.807, 2.05) is 4.89 Å². The van der Waals surface area contributed by atoms with E-state index in [0.717, 1.165) is 11.3 Å². The normalized spacial score (nSPS) is 12.6. The Hall–Kier alpha value is -0.960. The molecule has 18 heavy (non-hydrogen) atoms. The van der Waals surface area contributed by atoms with Crippen LogP contribution in [-0.2, 0) is 26.1 Å². The Morgan fingerprint density at radius 3 is 2.56 bits per heavy atom. The van der Waals surface area contributed by atoms with Crippen LogP contribution in [0.4, 0.5) is 0 Å². The van der Waals surface area contributed by atoms with E-state index < -0.39 is 21.6 Å². The van der Waals surface area contributed by atoms with Crippen LogP contribution in [0.2, 0.25) is 0 Å². The molecule has 2 N–H and O–H groups in total. The van der Waals surface area contributed by atoms with E-state index in [-0.39, 0.29) is 10.6 Å². The van der Waals surface area contributed by atoms with Gasteiger partial charge in [-0.25, -0.2) is 8.42 Å². The minimum absolute atomic E-state index is 0.0306. The first-order chi connectivity index (χ1) is 8.10. The molecule has 0 spiro atoms. The molecule has 8 heteroatoms. The second-order valence-corrected chi connectivity index (χ2v) is 7.63. The van der Waals surface area contributed by atoms with Gasteiger partial charge in [0.1, 0.15) is 4.21 Å². The summed E-state index contributed by atoms with van der Waals surface area (Å²) in [5.41, 5.74) is -0.645. The van der Waals surface area contributed by atoms with Crippen molar-refractivity contribution >= 4 is 27.3 Å². The highest BCUT2D eigenvalue weighted by atomic mass is 32.2. The van der Waals surface area contributed by atoms with E-state index in [9.17, 15) is 13.2 Å². The Morgan fingerprint density at radius 2 is 2.06 bits per heavy atom. The van der Waals surface area contributed by atoms with E-state index in [0.29, 0.717) is 4.88 Å². The highest BCUT2D eigenvalue weighted by Gasteiger charge is 2.21. The Bertz CT molecular complexity index is 527. The van der Waals surface area contributed by atoms with E-state index in [4.69, 9.17) is 9.94 Å². The van der Waals surface area contributed by atoms with Gasteiger partial charge in [-0.2, -0.15) is 0 Å². The van der Waals surface area contributed by atoms with Crippen molar-refractivity contribution in [3.63, 3.8) is 0 Å². The lowest BCUT2D eigenvalue weighted by Gasteiger charge is -2.18. The number of sulfonamides is 1. The van der Waals surface area contributed by atoms with Crippen LogP contribution in [0.5, 0.6) is 0 Å². The SMILES string of the molecule is CC(C)(C)ONS(=O)(=O)c1ccc(CC(=O)O)s1. The molecular formula is C10H15NO5S2. The number of hydrogen-bond donors (Lipinski definition) is 2. The van der Waals surface area contributed by atoms with E-state index in [2.05, 4.69) is 0 Å². The van der Waals surface area contributed by atoms with Gasteiger partial charge in [0.25, 0.3) is 10.0 Å². The molecule has 0 atom stereocenters. The van der Waals surface area contributed by atoms with Crippen molar-refractivity contribution in [2.24, 2.45) is 0 Å². The standard InChI is InChI=1S/C10H15NO5S2/c1-10(2,3)16-11-18(14,15)9-5-4-7(17-9)6-8(12)13/h4-5,11H,6H2,1-3H3,(H,12,13). The number of nitrogens with one attached hydrogen (secondary N) is 1. The van der Waals surface area contributed by atoms with Crippen molar-refractivity contribution in [3.05, 3.63) is 17.0 Å². The highest BCUT2D eigenvalue weighted by Crippen LogP contribution is 2.22. The first-order valence-electron chi connectivity index (χ1n) is 5.10. The van der Waals surface area contributed by atoms with Gasteiger partial charge in [0.05, 0.1) is 12.0 Å². The van der Waals surface area contributed by atoms with Crippen LogP contribution in [0.1, 0.15) is 25.6 Å². The van der Waals surface area contributed by atoms with Crippen LogP contribution in [-0.4, -0.2) is 25.1 Å². The van der Waals surface area contributed by atoms with Crippen LogP contribution < -0.4 is 4.89 Å². The first-order valence-corrected chi connectivity index (χ1v) is 7.40. The Labute approximate surface area is 110 Å². The number of carboxylic acids is 1. The average Bonchev–Trinajstić information content (AvgIpc) is 2.62. The maximum absolute atomic E-state index is 11.8. The summed E-state index contributed by atoms with van der Waals surface area (Å²) in [4.78, 5) is 18.0.